The van der Waals surface area contributed by atoms with Gasteiger partial charge in [0.1, 0.15) is 11.6 Å². The Labute approximate surface area is 187 Å². The Bertz CT molecular complexity index is 1280. The number of hydrogen-bond donors (Lipinski definition) is 2. The predicted molar refractivity (Wildman–Crippen MR) is 127 cm³/mol. The predicted octanol–water partition coefficient (Wildman–Crippen LogP) is 4.80. The lowest BCUT2D eigenvalue weighted by Crippen LogP contribution is -2.10. The van der Waals surface area contributed by atoms with E-state index in [-0.39, 0.29) is 0 Å². The number of aryl methyl sites for hydroxylation is 4. The van der Waals surface area contributed by atoms with Crippen LogP contribution in [-0.4, -0.2) is 29.7 Å². The van der Waals surface area contributed by atoms with Gasteiger partial charge >= 0.3 is 0 Å². The molecule has 0 aliphatic rings. The molecule has 3 aromatic heterocycles. The van der Waals surface area contributed by atoms with Gasteiger partial charge in [-0.05, 0) is 43.4 Å². The molecule has 6 nitrogen and oxygen atoms in total. The first-order valence-electron chi connectivity index (χ1n) is 11.2. The topological polar surface area (TPSA) is 75.2 Å². The molecule has 0 fully saturated rings. The van der Waals surface area contributed by atoms with E-state index >= 15 is 0 Å². The molecule has 0 aliphatic carbocycles. The van der Waals surface area contributed by atoms with Gasteiger partial charge in [-0.25, -0.2) is 4.98 Å². The molecule has 162 valence electrons. The van der Waals surface area contributed by atoms with Gasteiger partial charge in [-0.1, -0.05) is 48.0 Å². The zero-order chi connectivity index (χ0) is 21.8. The Balaban J connectivity index is 1.35. The summed E-state index contributed by atoms with van der Waals surface area (Å²) < 4.78 is 2.32. The Morgan fingerprint density at radius 1 is 0.875 bits per heavy atom. The van der Waals surface area contributed by atoms with Gasteiger partial charge in [-0.3, -0.25) is 0 Å². The molecule has 0 spiro atoms. The van der Waals surface area contributed by atoms with Crippen molar-refractivity contribution in [3.05, 3.63) is 101 Å². The molecule has 3 heterocycles. The van der Waals surface area contributed by atoms with Crippen molar-refractivity contribution >= 4 is 10.9 Å². The minimum atomic E-state index is 0.796. The summed E-state index contributed by atoms with van der Waals surface area (Å²) in [7, 11) is 0. The lowest BCUT2D eigenvalue weighted by molar-refractivity contribution is 0.585. The van der Waals surface area contributed by atoms with Crippen LogP contribution in [0.4, 0.5) is 0 Å². The van der Waals surface area contributed by atoms with Crippen LogP contribution < -0.4 is 0 Å². The lowest BCUT2D eigenvalue weighted by atomic mass is 10.1. The Morgan fingerprint density at radius 2 is 1.72 bits per heavy atom. The van der Waals surface area contributed by atoms with Gasteiger partial charge < -0.3 is 14.5 Å². The molecule has 0 unspecified atom stereocenters. The van der Waals surface area contributed by atoms with E-state index in [2.05, 4.69) is 91.4 Å². The molecule has 2 aromatic carbocycles. The first-order chi connectivity index (χ1) is 15.8. The van der Waals surface area contributed by atoms with E-state index in [9.17, 15) is 0 Å². The maximum atomic E-state index is 4.61. The van der Waals surface area contributed by atoms with Crippen molar-refractivity contribution in [1.82, 2.24) is 29.7 Å². The number of nitrogens with zero attached hydrogens (tertiary/aromatic N) is 4. The molecular weight excluding hydrogens is 396 g/mol. The fraction of sp³-hybridized carbons (Fsp3) is 0.269. The van der Waals surface area contributed by atoms with E-state index in [0.717, 1.165) is 50.3 Å². The van der Waals surface area contributed by atoms with E-state index in [1.54, 1.807) is 6.33 Å². The maximum absolute atomic E-state index is 4.61. The normalized spacial score (nSPS) is 11.4. The summed E-state index contributed by atoms with van der Waals surface area (Å²) in [6, 6.07) is 17.1. The second kappa shape index (κ2) is 9.22. The highest BCUT2D eigenvalue weighted by Crippen LogP contribution is 2.20. The van der Waals surface area contributed by atoms with Crippen LogP contribution in [0.1, 0.15) is 40.5 Å². The van der Waals surface area contributed by atoms with Crippen LogP contribution in [0.5, 0.6) is 0 Å². The number of aromatic amines is 2. The average Bonchev–Trinajstić information content (AvgIpc) is 3.55. The molecular formula is C26H28N6. The van der Waals surface area contributed by atoms with Crippen molar-refractivity contribution in [3.63, 3.8) is 0 Å². The summed E-state index contributed by atoms with van der Waals surface area (Å²) >= 11 is 0. The minimum Gasteiger partial charge on any atom is -0.361 e. The zero-order valence-electron chi connectivity index (χ0n) is 18.4. The molecule has 0 saturated heterocycles. The summed E-state index contributed by atoms with van der Waals surface area (Å²) in [5.74, 6) is 2.09. The fourth-order valence-corrected chi connectivity index (χ4v) is 4.27. The van der Waals surface area contributed by atoms with Crippen LogP contribution in [0.15, 0.2) is 67.3 Å². The highest BCUT2D eigenvalue weighted by atomic mass is 15.3. The molecule has 5 rings (SSSR count). The van der Waals surface area contributed by atoms with Crippen LogP contribution in [0.25, 0.3) is 10.9 Å². The fourth-order valence-electron chi connectivity index (χ4n) is 4.27. The molecule has 6 heteroatoms. The lowest BCUT2D eigenvalue weighted by Gasteiger charge is -2.11. The number of fused-ring (bicyclic) bond motifs is 1. The van der Waals surface area contributed by atoms with Crippen LogP contribution >= 0.6 is 0 Å². The molecule has 0 aliphatic heterocycles. The van der Waals surface area contributed by atoms with Gasteiger partial charge in [-0.15, -0.1) is 10.2 Å². The van der Waals surface area contributed by atoms with Crippen molar-refractivity contribution in [3.8, 4) is 0 Å². The third-order valence-electron chi connectivity index (χ3n) is 6.06. The number of nitrogens with one attached hydrogen (secondary N) is 2. The standard InChI is InChI=1S/C26H28N6/c1-19-8-10-20(11-9-19)15-26-31-30-25(32(26)14-4-5-22-17-27-18-29-22)13-12-21-16-28-24-7-3-2-6-23(21)24/h2-3,6-11,16-18,28H,4-5,12-15H2,1H3,(H,27,29). The maximum Gasteiger partial charge on any atom is 0.137 e. The molecule has 0 saturated carbocycles. The van der Waals surface area contributed by atoms with Gasteiger partial charge in [-0.2, -0.15) is 0 Å². The van der Waals surface area contributed by atoms with Gasteiger partial charge in [0.05, 0.1) is 6.33 Å². The van der Waals surface area contributed by atoms with Gasteiger partial charge in [0.15, 0.2) is 0 Å². The van der Waals surface area contributed by atoms with E-state index in [1.807, 2.05) is 6.20 Å². The van der Waals surface area contributed by atoms with Crippen LogP contribution in [0, 0.1) is 6.92 Å². The van der Waals surface area contributed by atoms with Crippen LogP contribution in [-0.2, 0) is 32.2 Å². The third-order valence-corrected chi connectivity index (χ3v) is 6.06. The Hall–Kier alpha value is -3.67. The molecule has 5 aromatic rings. The van der Waals surface area contributed by atoms with Gasteiger partial charge in [0, 0.05) is 48.4 Å². The number of para-hydroxylation sites is 1. The van der Waals surface area contributed by atoms with E-state index in [4.69, 9.17) is 0 Å². The molecule has 32 heavy (non-hydrogen) atoms. The van der Waals surface area contributed by atoms with Crippen molar-refractivity contribution < 1.29 is 0 Å². The zero-order valence-corrected chi connectivity index (χ0v) is 18.4. The molecule has 0 bridgehead atoms. The SMILES string of the molecule is Cc1ccc(Cc2nnc(CCc3c[nH]c4ccccc34)n2CCCc2cnc[nH]2)cc1. The molecule has 0 amide bonds. The number of H-pyrrole nitrogens is 2. The highest BCUT2D eigenvalue weighted by molar-refractivity contribution is 5.83. The van der Waals surface area contributed by atoms with Crippen LogP contribution in [0.2, 0.25) is 0 Å². The number of aromatic nitrogens is 6. The molecule has 0 radical (unpaired) electrons. The van der Waals surface area contributed by atoms with E-state index in [1.165, 1.54) is 33.3 Å². The van der Waals surface area contributed by atoms with Gasteiger partial charge in [0.25, 0.3) is 0 Å². The van der Waals surface area contributed by atoms with Crippen molar-refractivity contribution in [2.45, 2.75) is 45.6 Å². The third kappa shape index (κ3) is 4.49. The Morgan fingerprint density at radius 3 is 2.56 bits per heavy atom. The largest absolute Gasteiger partial charge is 0.361 e. The average molecular weight is 425 g/mol. The second-order valence-electron chi connectivity index (χ2n) is 8.39. The summed E-state index contributed by atoms with van der Waals surface area (Å²) in [5, 5.41) is 10.5. The van der Waals surface area contributed by atoms with E-state index < -0.39 is 0 Å². The second-order valence-corrected chi connectivity index (χ2v) is 8.39. The smallest absolute Gasteiger partial charge is 0.137 e. The van der Waals surface area contributed by atoms with E-state index in [0.29, 0.717) is 0 Å². The summed E-state index contributed by atoms with van der Waals surface area (Å²) in [6.07, 6.45) is 10.3. The van der Waals surface area contributed by atoms with Gasteiger partial charge in [0.2, 0.25) is 0 Å². The summed E-state index contributed by atoms with van der Waals surface area (Å²) in [5.41, 5.74) is 6.21. The number of hydrogen-bond acceptors (Lipinski definition) is 3. The molecule has 0 atom stereocenters. The summed E-state index contributed by atoms with van der Waals surface area (Å²) in [4.78, 5) is 10.7. The monoisotopic (exact) mass is 424 g/mol. The highest BCUT2D eigenvalue weighted by Gasteiger charge is 2.14. The first kappa shape index (κ1) is 20.2. The van der Waals surface area contributed by atoms with Crippen molar-refractivity contribution in [2.75, 3.05) is 0 Å². The number of imidazole rings is 1. The summed E-state index contributed by atoms with van der Waals surface area (Å²) in [6.45, 7) is 3.01. The van der Waals surface area contributed by atoms with Crippen molar-refractivity contribution in [1.29, 1.82) is 0 Å². The number of rotatable bonds is 9. The van der Waals surface area contributed by atoms with Crippen LogP contribution in [0.3, 0.4) is 0 Å². The molecule has 2 N–H and O–H groups in total. The minimum absolute atomic E-state index is 0.796. The number of benzene rings is 2. The first-order valence-corrected chi connectivity index (χ1v) is 11.2. The Kier molecular flexibility index (Phi) is 5.83. The quantitative estimate of drug-likeness (QED) is 0.357. The van der Waals surface area contributed by atoms with Crippen molar-refractivity contribution in [2.24, 2.45) is 0 Å².